The third kappa shape index (κ3) is 20.8. The summed E-state index contributed by atoms with van der Waals surface area (Å²) in [5, 5.41) is 25.7. The summed E-state index contributed by atoms with van der Waals surface area (Å²) in [7, 11) is 0. The van der Waals surface area contributed by atoms with Gasteiger partial charge in [0.1, 0.15) is 35.4 Å². The van der Waals surface area contributed by atoms with E-state index in [4.69, 9.17) is 9.47 Å². The molecule has 1 saturated heterocycles. The van der Waals surface area contributed by atoms with Crippen LogP contribution >= 0.6 is 0 Å². The van der Waals surface area contributed by atoms with E-state index >= 15 is 0 Å². The van der Waals surface area contributed by atoms with Crippen molar-refractivity contribution in [1.29, 1.82) is 0 Å². The number of nitrogens with one attached hydrogen (secondary N) is 6. The van der Waals surface area contributed by atoms with Gasteiger partial charge in [-0.1, -0.05) is 49.7 Å². The highest BCUT2D eigenvalue weighted by atomic mass is 16.6. The smallest absolute Gasteiger partial charge is 0.407 e. The highest BCUT2D eigenvalue weighted by Crippen LogP contribution is 2.22. The van der Waals surface area contributed by atoms with Gasteiger partial charge in [0, 0.05) is 38.2 Å². The Bertz CT molecular complexity index is 2000. The van der Waals surface area contributed by atoms with Crippen LogP contribution in [0.25, 0.3) is 11.1 Å². The molecule has 2 aromatic carbocycles. The third-order valence-corrected chi connectivity index (χ3v) is 10.9. The minimum absolute atomic E-state index is 0.00486. The lowest BCUT2D eigenvalue weighted by Gasteiger charge is -2.29. The van der Waals surface area contributed by atoms with E-state index in [1.54, 1.807) is 53.7 Å². The number of hydrogen-bond donors (Lipinski definition) is 7. The first-order valence-electron chi connectivity index (χ1n) is 23.9. The average Bonchev–Trinajstić information content (AvgIpc) is 3.76. The molecule has 4 atom stereocenters. The number of carbonyl (C=O) groups excluding carboxylic acids is 7. The number of aliphatic carboxylic acids is 1. The van der Waals surface area contributed by atoms with Crippen molar-refractivity contribution in [3.05, 3.63) is 59.7 Å². The van der Waals surface area contributed by atoms with E-state index in [1.807, 2.05) is 12.1 Å². The zero-order valence-electron chi connectivity index (χ0n) is 41.2. The van der Waals surface area contributed by atoms with Gasteiger partial charge < -0.3 is 51.4 Å². The third-order valence-electron chi connectivity index (χ3n) is 10.9. The van der Waals surface area contributed by atoms with E-state index in [0.717, 1.165) is 30.4 Å². The Hall–Kier alpha value is -6.20. The molecule has 1 aliphatic rings. The van der Waals surface area contributed by atoms with Crippen LogP contribution in [0.5, 0.6) is 0 Å². The minimum atomic E-state index is -1.26. The Kier molecular flexibility index (Phi) is 22.8. The molecule has 18 nitrogen and oxygen atoms in total. The Morgan fingerprint density at radius 3 is 1.76 bits per heavy atom. The van der Waals surface area contributed by atoms with Crippen LogP contribution in [0.15, 0.2) is 48.5 Å². The number of benzene rings is 2. The molecular formula is C50H75N7O11. The Balaban J connectivity index is 1.58. The lowest BCUT2D eigenvalue weighted by atomic mass is 10.0. The van der Waals surface area contributed by atoms with Crippen molar-refractivity contribution < 1.29 is 52.9 Å². The lowest BCUT2D eigenvalue weighted by Crippen LogP contribution is -2.56. The van der Waals surface area contributed by atoms with Gasteiger partial charge in [-0.05, 0) is 141 Å². The first kappa shape index (κ1) is 56.1. The van der Waals surface area contributed by atoms with E-state index in [1.165, 1.54) is 17.4 Å². The van der Waals surface area contributed by atoms with Gasteiger partial charge in [-0.3, -0.25) is 24.0 Å². The maximum Gasteiger partial charge on any atom is 0.407 e. The number of carboxylic acid groups (broad SMARTS) is 1. The average molecular weight is 950 g/mol. The second-order valence-electron chi connectivity index (χ2n) is 19.2. The highest BCUT2D eigenvalue weighted by molar-refractivity contribution is 5.96. The molecular weight excluding hydrogens is 875 g/mol. The fourth-order valence-electron chi connectivity index (χ4n) is 7.36. The van der Waals surface area contributed by atoms with Crippen molar-refractivity contribution in [2.24, 2.45) is 0 Å². The van der Waals surface area contributed by atoms with Gasteiger partial charge in [-0.2, -0.15) is 0 Å². The molecule has 1 heterocycles. The quantitative estimate of drug-likeness (QED) is 0.0590. The molecule has 0 aromatic heterocycles. The second-order valence-corrected chi connectivity index (χ2v) is 19.2. The Morgan fingerprint density at radius 2 is 1.24 bits per heavy atom. The van der Waals surface area contributed by atoms with E-state index < -0.39 is 77.2 Å². The molecule has 376 valence electrons. The number of ether oxygens (including phenoxy) is 2. The van der Waals surface area contributed by atoms with E-state index in [9.17, 15) is 43.5 Å². The summed E-state index contributed by atoms with van der Waals surface area (Å²) >= 11 is 0. The molecule has 1 aliphatic heterocycles. The zero-order chi connectivity index (χ0) is 50.4. The van der Waals surface area contributed by atoms with Crippen molar-refractivity contribution in [2.45, 2.75) is 168 Å². The maximum absolute atomic E-state index is 14.2. The molecule has 0 saturated carbocycles. The number of rotatable bonds is 25. The summed E-state index contributed by atoms with van der Waals surface area (Å²) in [6.45, 7) is 14.7. The molecule has 2 aromatic rings. The normalized spacial score (nSPS) is 14.9. The van der Waals surface area contributed by atoms with Crippen LogP contribution in [0.2, 0.25) is 0 Å². The number of carbonyl (C=O) groups is 8. The predicted octanol–water partition coefficient (Wildman–Crippen LogP) is 5.76. The number of aryl methyl sites for hydroxylation is 1. The summed E-state index contributed by atoms with van der Waals surface area (Å²) in [6, 6.07) is 11.2. The number of unbranched alkanes of at least 4 members (excludes halogenated alkanes) is 3. The first-order chi connectivity index (χ1) is 32.1. The van der Waals surface area contributed by atoms with Gasteiger partial charge in [-0.25, -0.2) is 14.4 Å². The van der Waals surface area contributed by atoms with Gasteiger partial charge in [0.25, 0.3) is 5.91 Å². The summed E-state index contributed by atoms with van der Waals surface area (Å²) in [6.07, 6.45) is 4.68. The van der Waals surface area contributed by atoms with Crippen molar-refractivity contribution >= 4 is 47.7 Å². The lowest BCUT2D eigenvalue weighted by molar-refractivity contribution is -0.143. The van der Waals surface area contributed by atoms with Crippen LogP contribution < -0.4 is 31.9 Å². The molecule has 7 N–H and O–H groups in total. The number of alkyl carbamates (subject to hydrolysis) is 2. The zero-order valence-corrected chi connectivity index (χ0v) is 41.2. The Labute approximate surface area is 401 Å². The summed E-state index contributed by atoms with van der Waals surface area (Å²) in [5.74, 6) is -3.95. The van der Waals surface area contributed by atoms with Crippen LogP contribution in [-0.4, -0.2) is 119 Å². The van der Waals surface area contributed by atoms with Crippen LogP contribution in [0.3, 0.4) is 0 Å². The maximum atomic E-state index is 14.2. The van der Waals surface area contributed by atoms with Gasteiger partial charge in [0.2, 0.25) is 23.6 Å². The van der Waals surface area contributed by atoms with Crippen LogP contribution in [0.4, 0.5) is 9.59 Å². The van der Waals surface area contributed by atoms with Crippen molar-refractivity contribution in [2.75, 3.05) is 26.2 Å². The molecule has 0 aliphatic carbocycles. The number of carboxylic acids is 1. The van der Waals surface area contributed by atoms with Crippen LogP contribution in [0, 0.1) is 0 Å². The molecule has 68 heavy (non-hydrogen) atoms. The van der Waals surface area contributed by atoms with Crippen LogP contribution in [-0.2, 0) is 39.9 Å². The molecule has 7 amide bonds. The van der Waals surface area contributed by atoms with E-state index in [0.29, 0.717) is 44.1 Å². The fourth-order valence-corrected chi connectivity index (χ4v) is 7.36. The number of nitrogens with zero attached hydrogens (tertiary/aromatic N) is 1. The topological polar surface area (TPSA) is 251 Å². The fraction of sp³-hybridized carbons (Fsp3) is 0.600. The molecule has 0 spiro atoms. The number of amides is 7. The van der Waals surface area contributed by atoms with Crippen molar-refractivity contribution in [1.82, 2.24) is 36.8 Å². The van der Waals surface area contributed by atoms with Gasteiger partial charge >= 0.3 is 18.2 Å². The van der Waals surface area contributed by atoms with Gasteiger partial charge in [0.05, 0.1) is 0 Å². The minimum Gasteiger partial charge on any atom is -0.480 e. The molecule has 4 unspecified atom stereocenters. The monoisotopic (exact) mass is 950 g/mol. The summed E-state index contributed by atoms with van der Waals surface area (Å²) in [5.41, 5.74) is 2.38. The summed E-state index contributed by atoms with van der Waals surface area (Å²) in [4.78, 5) is 105. The molecule has 0 bridgehead atoms. The second kappa shape index (κ2) is 27.6. The molecule has 1 fully saturated rings. The van der Waals surface area contributed by atoms with Crippen molar-refractivity contribution in [3.63, 3.8) is 0 Å². The van der Waals surface area contributed by atoms with Crippen molar-refractivity contribution in [3.8, 4) is 11.1 Å². The summed E-state index contributed by atoms with van der Waals surface area (Å²) < 4.78 is 10.5. The van der Waals surface area contributed by atoms with E-state index in [-0.39, 0.29) is 51.3 Å². The number of likely N-dealkylation sites (tertiary alicyclic amines) is 1. The SMILES string of the molecule is CCCCc1ccc(-c2ccc(C(=O)NCCC(=O)NC(CCCCNC(=O)OC(C)(C)C)C(=O)N3CCCC3C(=O)NC(C)C(=O)NC(CCCCNC(=O)OC(C)(C)C)C(=O)O)cc2)cc1. The predicted molar refractivity (Wildman–Crippen MR) is 257 cm³/mol. The molecule has 3 rings (SSSR count). The van der Waals surface area contributed by atoms with E-state index in [2.05, 4.69) is 63.1 Å². The standard InChI is InChI=1S/C50H75N7O11/c1-9-10-16-34-20-22-35(23-21-34)36-24-26-37(27-25-36)43(60)51-31-28-41(58)55-38(17-11-13-29-52-47(65)67-49(3,4)5)45(62)57-32-15-19-40(57)44(61)54-33(2)42(59)56-39(46(63)64)18-12-14-30-53-48(66)68-50(6,7)8/h20-27,33,38-40H,9-19,28-32H2,1-8H3,(H,51,60)(H,52,65)(H,53,66)(H,54,61)(H,55,58)(H,56,59)(H,63,64). The van der Waals surface area contributed by atoms with Crippen LogP contribution in [0.1, 0.15) is 142 Å². The molecule has 18 heteroatoms. The van der Waals surface area contributed by atoms with Gasteiger partial charge in [0.15, 0.2) is 0 Å². The first-order valence-corrected chi connectivity index (χ1v) is 23.9. The Morgan fingerprint density at radius 1 is 0.691 bits per heavy atom. The highest BCUT2D eigenvalue weighted by Gasteiger charge is 2.38. The van der Waals surface area contributed by atoms with Gasteiger partial charge in [-0.15, -0.1) is 0 Å². The number of hydrogen-bond acceptors (Lipinski definition) is 10. The molecule has 0 radical (unpaired) electrons. The largest absolute Gasteiger partial charge is 0.480 e.